The van der Waals surface area contributed by atoms with Crippen molar-refractivity contribution >= 4 is 22.5 Å². The highest BCUT2D eigenvalue weighted by molar-refractivity contribution is 5.91. The normalized spacial score (nSPS) is 14.9. The molecule has 0 atom stereocenters. The number of H-pyrrole nitrogens is 1. The van der Waals surface area contributed by atoms with E-state index in [-0.39, 0.29) is 11.2 Å². The summed E-state index contributed by atoms with van der Waals surface area (Å²) < 4.78 is 13.2. The van der Waals surface area contributed by atoms with Gasteiger partial charge in [-0.1, -0.05) is 18.2 Å². The monoisotopic (exact) mass is 374 g/mol. The second kappa shape index (κ2) is 6.30. The zero-order valence-corrected chi connectivity index (χ0v) is 15.1. The molecule has 1 aliphatic carbocycles. The molecule has 4 N–H and O–H groups in total. The molecule has 1 fully saturated rings. The zero-order chi connectivity index (χ0) is 19.1. The van der Waals surface area contributed by atoms with E-state index in [1.165, 1.54) is 12.1 Å². The summed E-state index contributed by atoms with van der Waals surface area (Å²) in [6.45, 7) is 0.754. The van der Waals surface area contributed by atoms with Gasteiger partial charge in [-0.15, -0.1) is 10.2 Å². The van der Waals surface area contributed by atoms with Gasteiger partial charge in [0.1, 0.15) is 11.6 Å². The average molecular weight is 374 g/mol. The lowest BCUT2D eigenvalue weighted by Gasteiger charge is -2.17. The third-order valence-corrected chi connectivity index (χ3v) is 5.47. The van der Waals surface area contributed by atoms with Crippen LogP contribution in [0.3, 0.4) is 0 Å². The number of anilines is 2. The summed E-state index contributed by atoms with van der Waals surface area (Å²) >= 11 is 0. The minimum absolute atomic E-state index is 0.0674. The van der Waals surface area contributed by atoms with Gasteiger partial charge in [0.2, 0.25) is 0 Å². The van der Waals surface area contributed by atoms with E-state index in [4.69, 9.17) is 5.73 Å². The first-order valence-electron chi connectivity index (χ1n) is 9.21. The maximum atomic E-state index is 13.2. The first-order chi connectivity index (χ1) is 13.6. The van der Waals surface area contributed by atoms with Gasteiger partial charge in [0.15, 0.2) is 5.82 Å². The molecule has 0 saturated heterocycles. The minimum Gasteiger partial charge on any atom is -0.382 e. The van der Waals surface area contributed by atoms with E-state index >= 15 is 0 Å². The van der Waals surface area contributed by atoms with Crippen molar-refractivity contribution in [3.63, 3.8) is 0 Å². The van der Waals surface area contributed by atoms with Crippen LogP contribution in [-0.2, 0) is 5.41 Å². The number of nitrogen functional groups attached to an aromatic ring is 1. The highest BCUT2D eigenvalue weighted by Crippen LogP contribution is 2.48. The first-order valence-corrected chi connectivity index (χ1v) is 9.21. The lowest BCUT2D eigenvalue weighted by atomic mass is 9.96. The third kappa shape index (κ3) is 2.94. The summed E-state index contributed by atoms with van der Waals surface area (Å²) in [4.78, 5) is 0. The molecular weight excluding hydrogens is 355 g/mol. The predicted molar refractivity (Wildman–Crippen MR) is 107 cm³/mol. The molecule has 0 aliphatic heterocycles. The van der Waals surface area contributed by atoms with Crippen LogP contribution < -0.4 is 11.1 Å². The van der Waals surface area contributed by atoms with Crippen LogP contribution >= 0.6 is 0 Å². The molecule has 2 heterocycles. The summed E-state index contributed by atoms with van der Waals surface area (Å²) in [5.74, 6) is 0.990. The van der Waals surface area contributed by atoms with E-state index in [1.54, 1.807) is 0 Å². The van der Waals surface area contributed by atoms with Crippen LogP contribution in [0.25, 0.3) is 22.2 Å². The van der Waals surface area contributed by atoms with E-state index in [0.717, 1.165) is 52.9 Å². The minimum atomic E-state index is -0.204. The molecule has 140 valence electrons. The molecular formula is C21H19FN6. The van der Waals surface area contributed by atoms with Crippen LogP contribution in [0.5, 0.6) is 0 Å². The number of aromatic amines is 1. The van der Waals surface area contributed by atoms with E-state index in [1.807, 2.05) is 42.5 Å². The van der Waals surface area contributed by atoms with Gasteiger partial charge in [0, 0.05) is 22.9 Å². The van der Waals surface area contributed by atoms with Gasteiger partial charge in [-0.3, -0.25) is 5.10 Å². The number of aromatic nitrogens is 4. The summed E-state index contributed by atoms with van der Waals surface area (Å²) in [5.41, 5.74) is 9.71. The van der Waals surface area contributed by atoms with Crippen LogP contribution in [0, 0.1) is 5.82 Å². The van der Waals surface area contributed by atoms with Gasteiger partial charge >= 0.3 is 0 Å². The quantitative estimate of drug-likeness (QED) is 0.493. The van der Waals surface area contributed by atoms with Gasteiger partial charge < -0.3 is 11.1 Å². The molecule has 0 bridgehead atoms. The Morgan fingerprint density at radius 2 is 1.86 bits per heavy atom. The maximum Gasteiger partial charge on any atom is 0.153 e. The summed E-state index contributed by atoms with van der Waals surface area (Å²) in [6, 6.07) is 16.5. The van der Waals surface area contributed by atoms with Crippen molar-refractivity contribution in [2.45, 2.75) is 18.3 Å². The number of nitrogens with one attached hydrogen (secondary N) is 2. The molecule has 2 aromatic heterocycles. The number of benzene rings is 2. The zero-order valence-electron chi connectivity index (χ0n) is 15.1. The van der Waals surface area contributed by atoms with Gasteiger partial charge in [-0.2, -0.15) is 5.10 Å². The Hall–Kier alpha value is -3.48. The SMILES string of the molecule is Nc1n[nH]c2ccc(-c3ccc(NCC4(c5ccc(F)cc5)CC4)nn3)cc12. The molecule has 4 aromatic rings. The van der Waals surface area contributed by atoms with Crippen LogP contribution in [0.15, 0.2) is 54.6 Å². The Bertz CT molecular complexity index is 1130. The van der Waals surface area contributed by atoms with Gasteiger partial charge in [-0.05, 0) is 54.8 Å². The van der Waals surface area contributed by atoms with E-state index in [0.29, 0.717) is 5.82 Å². The molecule has 5 rings (SSSR count). The predicted octanol–water partition coefficient (Wildman–Crippen LogP) is 3.88. The second-order valence-electron chi connectivity index (χ2n) is 7.31. The van der Waals surface area contributed by atoms with Gasteiger partial charge in [-0.25, -0.2) is 4.39 Å². The highest BCUT2D eigenvalue weighted by Gasteiger charge is 2.44. The number of hydrogen-bond donors (Lipinski definition) is 3. The summed E-state index contributed by atoms with van der Waals surface area (Å²) in [7, 11) is 0. The summed E-state index contributed by atoms with van der Waals surface area (Å²) in [6.07, 6.45) is 2.17. The van der Waals surface area contributed by atoms with Crippen molar-refractivity contribution < 1.29 is 4.39 Å². The molecule has 1 saturated carbocycles. The molecule has 0 unspecified atom stereocenters. The van der Waals surface area contributed by atoms with Crippen LogP contribution in [0.1, 0.15) is 18.4 Å². The maximum absolute atomic E-state index is 13.2. The van der Waals surface area contributed by atoms with Crippen molar-refractivity contribution in [1.82, 2.24) is 20.4 Å². The smallest absolute Gasteiger partial charge is 0.153 e. The van der Waals surface area contributed by atoms with Crippen molar-refractivity contribution in [3.05, 3.63) is 66.0 Å². The van der Waals surface area contributed by atoms with Crippen LogP contribution in [0.4, 0.5) is 16.0 Å². The fourth-order valence-corrected chi connectivity index (χ4v) is 3.56. The fourth-order valence-electron chi connectivity index (χ4n) is 3.56. The first kappa shape index (κ1) is 16.7. The lowest BCUT2D eigenvalue weighted by Crippen LogP contribution is -2.20. The highest BCUT2D eigenvalue weighted by atomic mass is 19.1. The molecule has 0 spiro atoms. The van der Waals surface area contributed by atoms with Crippen molar-refractivity contribution in [1.29, 1.82) is 0 Å². The lowest BCUT2D eigenvalue weighted by molar-refractivity contribution is 0.624. The average Bonchev–Trinajstić information content (AvgIpc) is 3.44. The largest absolute Gasteiger partial charge is 0.382 e. The number of nitrogens with zero attached hydrogens (tertiary/aromatic N) is 3. The standard InChI is InChI=1S/C21H19FN6/c22-15-4-2-14(3-5-15)21(9-10-21)12-24-19-8-7-17(25-27-19)13-1-6-18-16(11-13)20(23)28-26-18/h1-8,11H,9-10,12H2,(H,24,27)(H3,23,26,28). The molecule has 0 radical (unpaired) electrons. The molecule has 28 heavy (non-hydrogen) atoms. The van der Waals surface area contributed by atoms with E-state index in [2.05, 4.69) is 25.7 Å². The fraction of sp³-hybridized carbons (Fsp3) is 0.190. The van der Waals surface area contributed by atoms with Crippen LogP contribution in [0.2, 0.25) is 0 Å². The van der Waals surface area contributed by atoms with Crippen LogP contribution in [-0.4, -0.2) is 26.9 Å². The van der Waals surface area contributed by atoms with Gasteiger partial charge in [0.05, 0.1) is 11.2 Å². The Morgan fingerprint density at radius 3 is 2.57 bits per heavy atom. The Kier molecular flexibility index (Phi) is 3.75. The molecule has 7 heteroatoms. The molecule has 1 aliphatic rings. The molecule has 0 amide bonds. The number of nitrogens with two attached hydrogens (primary N) is 1. The Balaban J connectivity index is 1.31. The van der Waals surface area contributed by atoms with Crippen molar-refractivity contribution in [2.75, 3.05) is 17.6 Å². The van der Waals surface area contributed by atoms with E-state index in [9.17, 15) is 4.39 Å². The topological polar surface area (TPSA) is 92.5 Å². The van der Waals surface area contributed by atoms with Crippen molar-refractivity contribution in [3.8, 4) is 11.3 Å². The number of halogens is 1. The van der Waals surface area contributed by atoms with E-state index < -0.39 is 0 Å². The summed E-state index contributed by atoms with van der Waals surface area (Å²) in [5, 5.41) is 19.8. The number of rotatable bonds is 5. The Labute approximate surface area is 161 Å². The number of hydrogen-bond acceptors (Lipinski definition) is 5. The number of fused-ring (bicyclic) bond motifs is 1. The second-order valence-corrected chi connectivity index (χ2v) is 7.31. The molecule has 2 aromatic carbocycles. The van der Waals surface area contributed by atoms with Crippen molar-refractivity contribution in [2.24, 2.45) is 0 Å². The third-order valence-electron chi connectivity index (χ3n) is 5.47. The molecule has 6 nitrogen and oxygen atoms in total. The van der Waals surface area contributed by atoms with Gasteiger partial charge in [0.25, 0.3) is 0 Å². The Morgan fingerprint density at radius 1 is 1.04 bits per heavy atom.